The molecule has 0 saturated heterocycles. The number of phenols is 1. The molecule has 0 spiro atoms. The molecule has 0 aliphatic carbocycles. The minimum Gasteiger partial charge on any atom is -0.507 e. The topological polar surface area (TPSA) is 92.5 Å². The fourth-order valence-electron chi connectivity index (χ4n) is 1.56. The second kappa shape index (κ2) is 5.35. The number of rotatable bonds is 3. The van der Waals surface area contributed by atoms with Crippen LogP contribution in [0.1, 0.15) is 10.4 Å². The molecule has 0 heterocycles. The van der Waals surface area contributed by atoms with Crippen LogP contribution in [-0.2, 0) is 0 Å². The molecule has 0 saturated carbocycles. The zero-order valence-corrected chi connectivity index (χ0v) is 10.0. The monoisotopic (exact) mass is 276 g/mol. The summed E-state index contributed by atoms with van der Waals surface area (Å²) < 4.78 is 12.8. The van der Waals surface area contributed by atoms with Gasteiger partial charge in [-0.25, -0.2) is 4.39 Å². The third-order valence-corrected chi connectivity index (χ3v) is 2.54. The summed E-state index contributed by atoms with van der Waals surface area (Å²) in [4.78, 5) is 21.8. The number of carbonyl (C=O) groups excluding carboxylic acids is 1. The average Bonchev–Trinajstić information content (AvgIpc) is 2.39. The van der Waals surface area contributed by atoms with Gasteiger partial charge < -0.3 is 10.4 Å². The van der Waals surface area contributed by atoms with Crippen LogP contribution in [0.25, 0.3) is 0 Å². The summed E-state index contributed by atoms with van der Waals surface area (Å²) in [5.74, 6) is -1.78. The second-order valence-electron chi connectivity index (χ2n) is 3.92. The molecule has 7 heteroatoms. The van der Waals surface area contributed by atoms with Crippen LogP contribution in [0.2, 0.25) is 0 Å². The van der Waals surface area contributed by atoms with Gasteiger partial charge >= 0.3 is 0 Å². The number of halogens is 1. The van der Waals surface area contributed by atoms with E-state index >= 15 is 0 Å². The third kappa shape index (κ3) is 2.89. The van der Waals surface area contributed by atoms with Crippen molar-refractivity contribution >= 4 is 17.3 Å². The summed E-state index contributed by atoms with van der Waals surface area (Å²) in [6, 6.07) is 8.20. The van der Waals surface area contributed by atoms with Gasteiger partial charge in [-0.05, 0) is 24.3 Å². The van der Waals surface area contributed by atoms with Crippen molar-refractivity contribution in [2.75, 3.05) is 5.32 Å². The van der Waals surface area contributed by atoms with Crippen LogP contribution in [0.5, 0.6) is 5.75 Å². The molecule has 0 atom stereocenters. The van der Waals surface area contributed by atoms with E-state index < -0.39 is 22.4 Å². The van der Waals surface area contributed by atoms with E-state index in [1.165, 1.54) is 24.3 Å². The molecule has 0 fully saturated rings. The number of benzene rings is 2. The number of nitrogens with one attached hydrogen (secondary N) is 1. The number of aromatic hydroxyl groups is 1. The van der Waals surface area contributed by atoms with Crippen molar-refractivity contribution in [3.05, 3.63) is 64.0 Å². The van der Waals surface area contributed by atoms with E-state index in [4.69, 9.17) is 0 Å². The van der Waals surface area contributed by atoms with Crippen LogP contribution in [0, 0.1) is 15.9 Å². The Morgan fingerprint density at radius 2 is 1.85 bits per heavy atom. The predicted octanol–water partition coefficient (Wildman–Crippen LogP) is 2.69. The Kier molecular flexibility index (Phi) is 3.60. The van der Waals surface area contributed by atoms with E-state index in [9.17, 15) is 24.4 Å². The maximum absolute atomic E-state index is 12.8. The number of phenolic OH excluding ortho intramolecular Hbond substituents is 1. The van der Waals surface area contributed by atoms with E-state index in [2.05, 4.69) is 5.32 Å². The Morgan fingerprint density at radius 1 is 1.20 bits per heavy atom. The number of amides is 1. The van der Waals surface area contributed by atoms with Crippen molar-refractivity contribution in [2.45, 2.75) is 0 Å². The summed E-state index contributed by atoms with van der Waals surface area (Å²) in [5.41, 5.74) is 0.127. The average molecular weight is 276 g/mol. The van der Waals surface area contributed by atoms with Gasteiger partial charge in [0.1, 0.15) is 11.6 Å². The Bertz CT molecular complexity index is 671. The first-order valence-electron chi connectivity index (χ1n) is 5.51. The molecule has 20 heavy (non-hydrogen) atoms. The van der Waals surface area contributed by atoms with E-state index in [0.29, 0.717) is 5.69 Å². The fraction of sp³-hybridized carbons (Fsp3) is 0. The second-order valence-corrected chi connectivity index (χ2v) is 3.92. The van der Waals surface area contributed by atoms with E-state index in [0.717, 1.165) is 18.2 Å². The lowest BCUT2D eigenvalue weighted by atomic mass is 10.1. The largest absolute Gasteiger partial charge is 0.507 e. The van der Waals surface area contributed by atoms with Crippen molar-refractivity contribution in [1.29, 1.82) is 0 Å². The lowest BCUT2D eigenvalue weighted by Crippen LogP contribution is -2.12. The normalized spacial score (nSPS) is 10.1. The number of hydrogen-bond donors (Lipinski definition) is 2. The standard InChI is InChI=1S/C13H9FN2O4/c14-8-1-6-11(12(17)7-8)13(18)15-9-2-4-10(5-3-9)16(19)20/h1-7,17H,(H,15,18). The molecule has 0 unspecified atom stereocenters. The van der Waals surface area contributed by atoms with Crippen LogP contribution < -0.4 is 5.32 Å². The molecule has 2 rings (SSSR count). The highest BCUT2D eigenvalue weighted by atomic mass is 19.1. The van der Waals surface area contributed by atoms with Crippen molar-refractivity contribution in [3.63, 3.8) is 0 Å². The molecule has 0 aliphatic heterocycles. The van der Waals surface area contributed by atoms with E-state index in [1.807, 2.05) is 0 Å². The van der Waals surface area contributed by atoms with E-state index in [1.54, 1.807) is 0 Å². The summed E-state index contributed by atoms with van der Waals surface area (Å²) in [6.07, 6.45) is 0. The van der Waals surface area contributed by atoms with Crippen molar-refractivity contribution in [2.24, 2.45) is 0 Å². The van der Waals surface area contributed by atoms with Crippen LogP contribution in [0.4, 0.5) is 15.8 Å². The molecule has 0 aliphatic rings. The molecule has 0 radical (unpaired) electrons. The molecule has 0 bridgehead atoms. The maximum Gasteiger partial charge on any atom is 0.269 e. The number of nitrogens with zero attached hydrogens (tertiary/aromatic N) is 1. The molecule has 0 aromatic heterocycles. The van der Waals surface area contributed by atoms with Gasteiger partial charge in [0.2, 0.25) is 0 Å². The minimum absolute atomic E-state index is 0.0928. The molecule has 6 nitrogen and oxygen atoms in total. The molecule has 2 N–H and O–H groups in total. The quantitative estimate of drug-likeness (QED) is 0.665. The van der Waals surface area contributed by atoms with Crippen molar-refractivity contribution in [3.8, 4) is 5.75 Å². The lowest BCUT2D eigenvalue weighted by molar-refractivity contribution is -0.384. The number of non-ortho nitro benzene ring substituents is 1. The highest BCUT2D eigenvalue weighted by Gasteiger charge is 2.12. The van der Waals surface area contributed by atoms with Crippen LogP contribution in [0.15, 0.2) is 42.5 Å². The number of hydrogen-bond acceptors (Lipinski definition) is 4. The van der Waals surface area contributed by atoms with Crippen LogP contribution >= 0.6 is 0 Å². The highest BCUT2D eigenvalue weighted by Crippen LogP contribution is 2.21. The Morgan fingerprint density at radius 3 is 2.40 bits per heavy atom. The summed E-state index contributed by atoms with van der Waals surface area (Å²) in [5, 5.41) is 22.4. The first-order chi connectivity index (χ1) is 9.47. The molecule has 2 aromatic carbocycles. The van der Waals surface area contributed by atoms with Gasteiger partial charge in [0.15, 0.2) is 0 Å². The van der Waals surface area contributed by atoms with Crippen molar-refractivity contribution < 1.29 is 19.2 Å². The Balaban J connectivity index is 2.17. The van der Waals surface area contributed by atoms with E-state index in [-0.39, 0.29) is 11.3 Å². The van der Waals surface area contributed by atoms with Gasteiger partial charge in [-0.1, -0.05) is 0 Å². The number of anilines is 1. The molecule has 2 aromatic rings. The lowest BCUT2D eigenvalue weighted by Gasteiger charge is -2.06. The maximum atomic E-state index is 12.8. The Labute approximate surface area is 112 Å². The predicted molar refractivity (Wildman–Crippen MR) is 69.1 cm³/mol. The van der Waals surface area contributed by atoms with Crippen LogP contribution in [0.3, 0.4) is 0 Å². The number of nitro benzene ring substituents is 1. The highest BCUT2D eigenvalue weighted by molar-refractivity contribution is 6.06. The third-order valence-electron chi connectivity index (χ3n) is 2.54. The zero-order chi connectivity index (χ0) is 14.7. The van der Waals surface area contributed by atoms with Gasteiger partial charge in [0, 0.05) is 23.9 Å². The van der Waals surface area contributed by atoms with Gasteiger partial charge in [-0.3, -0.25) is 14.9 Å². The Hall–Kier alpha value is -2.96. The van der Waals surface area contributed by atoms with Gasteiger partial charge in [0.25, 0.3) is 11.6 Å². The SMILES string of the molecule is O=C(Nc1ccc([N+](=O)[O-])cc1)c1ccc(F)cc1O. The van der Waals surface area contributed by atoms with Gasteiger partial charge in [0.05, 0.1) is 10.5 Å². The number of nitro groups is 1. The molecule has 1 amide bonds. The van der Waals surface area contributed by atoms with Gasteiger partial charge in [-0.15, -0.1) is 0 Å². The van der Waals surface area contributed by atoms with Crippen molar-refractivity contribution in [1.82, 2.24) is 0 Å². The number of carbonyl (C=O) groups is 1. The van der Waals surface area contributed by atoms with Crippen LogP contribution in [-0.4, -0.2) is 15.9 Å². The minimum atomic E-state index is -0.658. The van der Waals surface area contributed by atoms with Gasteiger partial charge in [-0.2, -0.15) is 0 Å². The summed E-state index contributed by atoms with van der Waals surface area (Å²) >= 11 is 0. The molecular formula is C13H9FN2O4. The smallest absolute Gasteiger partial charge is 0.269 e. The molecule has 102 valence electrons. The molecular weight excluding hydrogens is 267 g/mol. The zero-order valence-electron chi connectivity index (χ0n) is 10.0. The fourth-order valence-corrected chi connectivity index (χ4v) is 1.56. The first kappa shape index (κ1) is 13.5. The first-order valence-corrected chi connectivity index (χ1v) is 5.51. The summed E-state index contributed by atoms with van der Waals surface area (Å²) in [6.45, 7) is 0. The summed E-state index contributed by atoms with van der Waals surface area (Å²) in [7, 11) is 0.